The lowest BCUT2D eigenvalue weighted by Crippen LogP contribution is -1.99. The van der Waals surface area contributed by atoms with Crippen LogP contribution in [-0.2, 0) is 6.61 Å². The molecule has 0 spiro atoms. The Labute approximate surface area is 112 Å². The molecule has 1 aromatic carbocycles. The average Bonchev–Trinajstić information content (AvgIpc) is 2.81. The molecule has 0 N–H and O–H groups in total. The summed E-state index contributed by atoms with van der Waals surface area (Å²) in [5, 5.41) is 11.8. The van der Waals surface area contributed by atoms with Crippen LogP contribution >= 0.6 is 11.3 Å². The maximum Gasteiger partial charge on any atom is 0.310 e. The molecular formula is C12H10N2O4S. The van der Waals surface area contributed by atoms with Gasteiger partial charge in [-0.15, -0.1) is 11.3 Å². The van der Waals surface area contributed by atoms with Crippen molar-refractivity contribution in [1.29, 1.82) is 0 Å². The highest BCUT2D eigenvalue weighted by molar-refractivity contribution is 7.11. The minimum absolute atomic E-state index is 0.0839. The second-order valence-corrected chi connectivity index (χ2v) is 5.06. The van der Waals surface area contributed by atoms with Crippen LogP contribution in [-0.4, -0.2) is 16.2 Å². The third kappa shape index (κ3) is 3.14. The number of hydrogen-bond acceptors (Lipinski definition) is 6. The molecule has 19 heavy (non-hydrogen) atoms. The largest absolute Gasteiger partial charge is 0.481 e. The summed E-state index contributed by atoms with van der Waals surface area (Å²) in [4.78, 5) is 25.9. The average molecular weight is 278 g/mol. The molecule has 0 unspecified atom stereocenters. The first kappa shape index (κ1) is 13.2. The van der Waals surface area contributed by atoms with Crippen molar-refractivity contribution in [2.24, 2.45) is 0 Å². The molecule has 0 bridgehead atoms. The summed E-state index contributed by atoms with van der Waals surface area (Å²) in [6.07, 6.45) is 2.28. The van der Waals surface area contributed by atoms with Crippen LogP contribution < -0.4 is 4.74 Å². The first-order valence-electron chi connectivity index (χ1n) is 5.38. The summed E-state index contributed by atoms with van der Waals surface area (Å²) in [5.41, 5.74) is 0.174. The SMILES string of the molecule is Cc1ncc(COc2cc(C=O)ccc2[N+](=O)[O-])s1. The van der Waals surface area contributed by atoms with E-state index in [2.05, 4.69) is 4.98 Å². The molecule has 2 aromatic rings. The first-order chi connectivity index (χ1) is 9.10. The summed E-state index contributed by atoms with van der Waals surface area (Å²) < 4.78 is 5.41. The Kier molecular flexibility index (Phi) is 3.86. The lowest BCUT2D eigenvalue weighted by Gasteiger charge is -2.05. The number of aromatic nitrogens is 1. The Bertz CT molecular complexity index is 624. The van der Waals surface area contributed by atoms with E-state index in [9.17, 15) is 14.9 Å². The van der Waals surface area contributed by atoms with Crippen molar-refractivity contribution in [3.05, 3.63) is 50.0 Å². The van der Waals surface area contributed by atoms with E-state index in [0.29, 0.717) is 11.8 Å². The Hall–Kier alpha value is -2.28. The number of aryl methyl sites for hydroxylation is 1. The van der Waals surface area contributed by atoms with E-state index < -0.39 is 4.92 Å². The minimum atomic E-state index is -0.540. The third-order valence-corrected chi connectivity index (χ3v) is 3.24. The van der Waals surface area contributed by atoms with Crippen molar-refractivity contribution in [2.45, 2.75) is 13.5 Å². The fourth-order valence-corrected chi connectivity index (χ4v) is 2.20. The van der Waals surface area contributed by atoms with E-state index >= 15 is 0 Å². The number of ether oxygens (including phenoxy) is 1. The summed E-state index contributed by atoms with van der Waals surface area (Å²) in [5.74, 6) is 0.0839. The van der Waals surface area contributed by atoms with Crippen molar-refractivity contribution in [3.8, 4) is 5.75 Å². The monoisotopic (exact) mass is 278 g/mol. The first-order valence-corrected chi connectivity index (χ1v) is 6.19. The van der Waals surface area contributed by atoms with Gasteiger partial charge in [0, 0.05) is 17.8 Å². The number of nitro benzene ring substituents is 1. The zero-order valence-corrected chi connectivity index (χ0v) is 10.8. The van der Waals surface area contributed by atoms with Gasteiger partial charge in [0.15, 0.2) is 5.75 Å². The minimum Gasteiger partial charge on any atom is -0.481 e. The van der Waals surface area contributed by atoms with Crippen LogP contribution in [0.3, 0.4) is 0 Å². The number of nitro groups is 1. The zero-order valence-electron chi connectivity index (χ0n) is 10.0. The van der Waals surface area contributed by atoms with Crippen molar-refractivity contribution in [1.82, 2.24) is 4.98 Å². The molecule has 7 heteroatoms. The topological polar surface area (TPSA) is 82.3 Å². The van der Waals surface area contributed by atoms with Crippen LogP contribution in [0, 0.1) is 17.0 Å². The molecule has 98 valence electrons. The van der Waals surface area contributed by atoms with Gasteiger partial charge in [-0.05, 0) is 19.1 Å². The van der Waals surface area contributed by atoms with Crippen LogP contribution in [0.25, 0.3) is 0 Å². The predicted octanol–water partition coefficient (Wildman–Crippen LogP) is 2.75. The Morgan fingerprint density at radius 3 is 2.89 bits per heavy atom. The smallest absolute Gasteiger partial charge is 0.310 e. The van der Waals surface area contributed by atoms with Gasteiger partial charge in [0.25, 0.3) is 0 Å². The normalized spacial score (nSPS) is 10.2. The quantitative estimate of drug-likeness (QED) is 0.477. The van der Waals surface area contributed by atoms with E-state index in [-0.39, 0.29) is 18.0 Å². The van der Waals surface area contributed by atoms with Crippen LogP contribution in [0.15, 0.2) is 24.4 Å². The molecule has 6 nitrogen and oxygen atoms in total. The van der Waals surface area contributed by atoms with Crippen LogP contribution in [0.5, 0.6) is 5.75 Å². The van der Waals surface area contributed by atoms with Gasteiger partial charge < -0.3 is 4.74 Å². The number of rotatable bonds is 5. The summed E-state index contributed by atoms with van der Waals surface area (Å²) in [7, 11) is 0. The van der Waals surface area contributed by atoms with Crippen molar-refractivity contribution < 1.29 is 14.5 Å². The molecule has 2 rings (SSSR count). The predicted molar refractivity (Wildman–Crippen MR) is 69.7 cm³/mol. The van der Waals surface area contributed by atoms with Crippen molar-refractivity contribution in [2.75, 3.05) is 0 Å². The molecule has 1 heterocycles. The molecule has 0 amide bonds. The van der Waals surface area contributed by atoms with E-state index in [1.165, 1.54) is 29.5 Å². The highest BCUT2D eigenvalue weighted by Crippen LogP contribution is 2.28. The summed E-state index contributed by atoms with van der Waals surface area (Å²) >= 11 is 1.46. The fraction of sp³-hybridized carbons (Fsp3) is 0.167. The molecule has 0 aliphatic heterocycles. The molecule has 1 aromatic heterocycles. The molecule has 0 saturated carbocycles. The second kappa shape index (κ2) is 5.57. The fourth-order valence-electron chi connectivity index (χ4n) is 1.49. The highest BCUT2D eigenvalue weighted by atomic mass is 32.1. The van der Waals surface area contributed by atoms with Gasteiger partial charge in [-0.25, -0.2) is 4.98 Å². The van der Waals surface area contributed by atoms with Crippen LogP contribution in [0.4, 0.5) is 5.69 Å². The number of carbonyl (C=O) groups excluding carboxylic acids is 1. The summed E-state index contributed by atoms with van der Waals surface area (Å²) in [6.45, 7) is 2.05. The zero-order chi connectivity index (χ0) is 13.8. The molecule has 0 radical (unpaired) electrons. The van der Waals surface area contributed by atoms with E-state index in [4.69, 9.17) is 4.74 Å². The molecule has 0 saturated heterocycles. The van der Waals surface area contributed by atoms with Gasteiger partial charge in [0.05, 0.1) is 14.8 Å². The van der Waals surface area contributed by atoms with Gasteiger partial charge >= 0.3 is 5.69 Å². The number of aldehydes is 1. The maximum absolute atomic E-state index is 10.9. The highest BCUT2D eigenvalue weighted by Gasteiger charge is 2.16. The van der Waals surface area contributed by atoms with Gasteiger partial charge in [0.2, 0.25) is 0 Å². The number of nitrogens with zero attached hydrogens (tertiary/aromatic N) is 2. The molecular weight excluding hydrogens is 268 g/mol. The van der Waals surface area contributed by atoms with Gasteiger partial charge in [-0.3, -0.25) is 14.9 Å². The third-order valence-electron chi connectivity index (χ3n) is 2.36. The molecule has 0 fully saturated rings. The Balaban J connectivity index is 2.22. The second-order valence-electron chi connectivity index (χ2n) is 3.74. The lowest BCUT2D eigenvalue weighted by atomic mass is 10.2. The molecule has 0 aliphatic rings. The van der Waals surface area contributed by atoms with E-state index in [0.717, 1.165) is 9.88 Å². The number of hydrogen-bond donors (Lipinski definition) is 0. The van der Waals surface area contributed by atoms with Gasteiger partial charge in [-0.1, -0.05) is 0 Å². The number of benzene rings is 1. The van der Waals surface area contributed by atoms with Crippen LogP contribution in [0.2, 0.25) is 0 Å². The van der Waals surface area contributed by atoms with E-state index in [1.807, 2.05) is 6.92 Å². The summed E-state index contributed by atoms with van der Waals surface area (Å²) in [6, 6.07) is 4.00. The van der Waals surface area contributed by atoms with Crippen LogP contribution in [0.1, 0.15) is 20.2 Å². The standard InChI is InChI=1S/C12H10N2O4S/c1-8-13-5-10(19-8)7-18-12-4-9(6-15)2-3-11(12)14(16)17/h2-6H,7H2,1H3. The molecule has 0 aliphatic carbocycles. The van der Waals surface area contributed by atoms with Gasteiger partial charge in [0.1, 0.15) is 12.9 Å². The van der Waals surface area contributed by atoms with Gasteiger partial charge in [-0.2, -0.15) is 0 Å². The van der Waals surface area contributed by atoms with Crippen molar-refractivity contribution >= 4 is 23.3 Å². The number of carbonyl (C=O) groups is 1. The molecule has 0 atom stereocenters. The Morgan fingerprint density at radius 2 is 2.32 bits per heavy atom. The lowest BCUT2D eigenvalue weighted by molar-refractivity contribution is -0.385. The number of thiazole rings is 1. The Morgan fingerprint density at radius 1 is 1.53 bits per heavy atom. The van der Waals surface area contributed by atoms with E-state index in [1.54, 1.807) is 6.20 Å². The maximum atomic E-state index is 10.9. The van der Waals surface area contributed by atoms with Crippen molar-refractivity contribution in [3.63, 3.8) is 0 Å².